The van der Waals surface area contributed by atoms with E-state index in [0.29, 0.717) is 28.0 Å². The Morgan fingerprint density at radius 2 is 1.83 bits per heavy atom. The number of rotatable bonds is 5. The molecule has 1 heterocycles. The van der Waals surface area contributed by atoms with Crippen LogP contribution in [0.2, 0.25) is 5.02 Å². The van der Waals surface area contributed by atoms with Gasteiger partial charge in [0, 0.05) is 16.1 Å². The maximum absolute atomic E-state index is 11.0. The molecule has 0 unspecified atom stereocenters. The average molecular weight is 329 g/mol. The molecule has 3 rings (SSSR count). The van der Waals surface area contributed by atoms with Crippen molar-refractivity contribution in [3.8, 4) is 17.1 Å². The third-order valence-corrected chi connectivity index (χ3v) is 3.44. The topological polar surface area (TPSA) is 78.4 Å². The van der Waals surface area contributed by atoms with E-state index in [9.17, 15) is 4.79 Å². The van der Waals surface area contributed by atoms with E-state index in [4.69, 9.17) is 26.5 Å². The van der Waals surface area contributed by atoms with Crippen molar-refractivity contribution in [2.24, 2.45) is 5.73 Å². The Hall–Kier alpha value is -2.79. The van der Waals surface area contributed by atoms with Gasteiger partial charge in [0.2, 0.25) is 11.8 Å². The van der Waals surface area contributed by atoms with Crippen LogP contribution in [0.5, 0.6) is 5.75 Å². The molecule has 0 radical (unpaired) electrons. The first-order valence-corrected chi connectivity index (χ1v) is 7.23. The van der Waals surface area contributed by atoms with Crippen LogP contribution in [0.15, 0.2) is 59.1 Å². The highest BCUT2D eigenvalue weighted by Gasteiger charge is 2.07. The highest BCUT2D eigenvalue weighted by molar-refractivity contribution is 6.30. The summed E-state index contributed by atoms with van der Waals surface area (Å²) in [5, 5.41) is 0.663. The minimum Gasteiger partial charge on any atom is -0.484 e. The van der Waals surface area contributed by atoms with Gasteiger partial charge in [0.15, 0.2) is 12.4 Å². The van der Waals surface area contributed by atoms with Crippen molar-refractivity contribution in [2.45, 2.75) is 6.61 Å². The van der Waals surface area contributed by atoms with E-state index in [1.54, 1.807) is 42.6 Å². The lowest BCUT2D eigenvalue weighted by molar-refractivity contribution is 0.1000. The molecule has 0 atom stereocenters. The van der Waals surface area contributed by atoms with E-state index in [1.165, 1.54) is 0 Å². The average Bonchev–Trinajstić information content (AvgIpc) is 3.03. The van der Waals surface area contributed by atoms with Crippen LogP contribution < -0.4 is 10.5 Å². The fourth-order valence-corrected chi connectivity index (χ4v) is 2.11. The maximum atomic E-state index is 11.0. The molecule has 0 fully saturated rings. The quantitative estimate of drug-likeness (QED) is 0.775. The summed E-state index contributed by atoms with van der Waals surface area (Å²) in [5.41, 5.74) is 6.50. The standard InChI is InChI=1S/C17H13ClN2O3/c18-13-5-1-11(2-6-13)15-9-20-16(23-15)10-22-14-7-3-12(4-8-14)17(19)21/h1-9H,10H2,(H2,19,21). The first kappa shape index (κ1) is 15.1. The van der Waals surface area contributed by atoms with E-state index in [-0.39, 0.29) is 6.61 Å². The Balaban J connectivity index is 1.65. The summed E-state index contributed by atoms with van der Waals surface area (Å²) >= 11 is 5.86. The second kappa shape index (κ2) is 6.54. The lowest BCUT2D eigenvalue weighted by Crippen LogP contribution is -2.10. The first-order chi connectivity index (χ1) is 11.1. The number of ether oxygens (including phenoxy) is 1. The monoisotopic (exact) mass is 328 g/mol. The summed E-state index contributed by atoms with van der Waals surface area (Å²) in [4.78, 5) is 15.2. The van der Waals surface area contributed by atoms with Crippen molar-refractivity contribution in [2.75, 3.05) is 0 Å². The van der Waals surface area contributed by atoms with Crippen LogP contribution in [0.1, 0.15) is 16.2 Å². The van der Waals surface area contributed by atoms with Crippen molar-refractivity contribution in [3.05, 3.63) is 71.2 Å². The van der Waals surface area contributed by atoms with Crippen LogP contribution in [0.4, 0.5) is 0 Å². The number of hydrogen-bond acceptors (Lipinski definition) is 4. The Morgan fingerprint density at radius 1 is 1.13 bits per heavy atom. The van der Waals surface area contributed by atoms with Crippen LogP contribution in [0.3, 0.4) is 0 Å². The molecule has 0 spiro atoms. The molecule has 0 bridgehead atoms. The number of carbonyl (C=O) groups is 1. The third kappa shape index (κ3) is 3.70. The molecule has 6 heteroatoms. The molecule has 2 N–H and O–H groups in total. The number of aromatic nitrogens is 1. The number of halogens is 1. The van der Waals surface area contributed by atoms with Crippen LogP contribution in [-0.2, 0) is 6.61 Å². The molecular formula is C17H13ClN2O3. The van der Waals surface area contributed by atoms with Gasteiger partial charge in [-0.05, 0) is 48.5 Å². The molecule has 1 aromatic heterocycles. The molecule has 0 aliphatic rings. The Kier molecular flexibility index (Phi) is 4.30. The van der Waals surface area contributed by atoms with Gasteiger partial charge in [-0.25, -0.2) is 4.98 Å². The molecule has 116 valence electrons. The van der Waals surface area contributed by atoms with Gasteiger partial charge in [0.25, 0.3) is 0 Å². The normalized spacial score (nSPS) is 10.5. The van der Waals surface area contributed by atoms with Gasteiger partial charge in [-0.2, -0.15) is 0 Å². The number of oxazole rings is 1. The fourth-order valence-electron chi connectivity index (χ4n) is 1.99. The smallest absolute Gasteiger partial charge is 0.248 e. The fraction of sp³-hybridized carbons (Fsp3) is 0.0588. The van der Waals surface area contributed by atoms with E-state index in [1.807, 2.05) is 12.1 Å². The predicted octanol–water partition coefficient (Wildman–Crippen LogP) is 3.67. The molecule has 5 nitrogen and oxygen atoms in total. The molecule has 0 aliphatic carbocycles. The third-order valence-electron chi connectivity index (χ3n) is 3.18. The number of nitrogens with zero attached hydrogens (tertiary/aromatic N) is 1. The maximum Gasteiger partial charge on any atom is 0.248 e. The van der Waals surface area contributed by atoms with E-state index >= 15 is 0 Å². The molecular weight excluding hydrogens is 316 g/mol. The zero-order valence-electron chi connectivity index (χ0n) is 12.0. The lowest BCUT2D eigenvalue weighted by Gasteiger charge is -2.04. The van der Waals surface area contributed by atoms with E-state index in [0.717, 1.165) is 5.56 Å². The largest absolute Gasteiger partial charge is 0.484 e. The Bertz CT molecular complexity index is 811. The van der Waals surface area contributed by atoms with Crippen LogP contribution in [0, 0.1) is 0 Å². The van der Waals surface area contributed by atoms with Gasteiger partial charge in [-0.1, -0.05) is 11.6 Å². The summed E-state index contributed by atoms with van der Waals surface area (Å²) in [5.74, 6) is 1.22. The SMILES string of the molecule is NC(=O)c1ccc(OCc2ncc(-c3ccc(Cl)cc3)o2)cc1. The van der Waals surface area contributed by atoms with E-state index < -0.39 is 5.91 Å². The minimum absolute atomic E-state index is 0.184. The van der Waals surface area contributed by atoms with Crippen LogP contribution >= 0.6 is 11.6 Å². The van der Waals surface area contributed by atoms with Gasteiger partial charge in [-0.3, -0.25) is 4.79 Å². The minimum atomic E-state index is -0.475. The summed E-state index contributed by atoms with van der Waals surface area (Å²) < 4.78 is 11.2. The van der Waals surface area contributed by atoms with Crippen molar-refractivity contribution in [1.29, 1.82) is 0 Å². The molecule has 23 heavy (non-hydrogen) atoms. The number of hydrogen-bond donors (Lipinski definition) is 1. The highest BCUT2D eigenvalue weighted by atomic mass is 35.5. The van der Waals surface area contributed by atoms with Crippen molar-refractivity contribution < 1.29 is 13.9 Å². The Morgan fingerprint density at radius 3 is 2.48 bits per heavy atom. The van der Waals surface area contributed by atoms with Crippen molar-refractivity contribution >= 4 is 17.5 Å². The zero-order valence-corrected chi connectivity index (χ0v) is 12.8. The molecule has 1 amide bonds. The molecule has 0 aliphatic heterocycles. The number of nitrogens with two attached hydrogens (primary N) is 1. The van der Waals surface area contributed by atoms with Crippen molar-refractivity contribution in [1.82, 2.24) is 4.98 Å². The van der Waals surface area contributed by atoms with Gasteiger partial charge in [-0.15, -0.1) is 0 Å². The summed E-state index contributed by atoms with van der Waals surface area (Å²) in [6, 6.07) is 13.8. The number of benzene rings is 2. The molecule has 2 aromatic carbocycles. The van der Waals surface area contributed by atoms with Crippen molar-refractivity contribution in [3.63, 3.8) is 0 Å². The van der Waals surface area contributed by atoms with Gasteiger partial charge < -0.3 is 14.9 Å². The summed E-state index contributed by atoms with van der Waals surface area (Å²) in [6.07, 6.45) is 1.64. The lowest BCUT2D eigenvalue weighted by atomic mass is 10.2. The second-order valence-electron chi connectivity index (χ2n) is 4.80. The number of carbonyl (C=O) groups excluding carboxylic acids is 1. The molecule has 0 saturated heterocycles. The molecule has 3 aromatic rings. The number of primary amides is 1. The summed E-state index contributed by atoms with van der Waals surface area (Å²) in [7, 11) is 0. The van der Waals surface area contributed by atoms with Gasteiger partial charge >= 0.3 is 0 Å². The molecule has 0 saturated carbocycles. The number of amides is 1. The zero-order chi connectivity index (χ0) is 16.2. The van der Waals surface area contributed by atoms with E-state index in [2.05, 4.69) is 4.98 Å². The highest BCUT2D eigenvalue weighted by Crippen LogP contribution is 2.23. The Labute approximate surface area is 137 Å². The first-order valence-electron chi connectivity index (χ1n) is 6.85. The van der Waals surface area contributed by atoms with Gasteiger partial charge in [0.1, 0.15) is 5.75 Å². The second-order valence-corrected chi connectivity index (χ2v) is 5.24. The van der Waals surface area contributed by atoms with Gasteiger partial charge in [0.05, 0.1) is 6.20 Å². The predicted molar refractivity (Wildman–Crippen MR) is 86.2 cm³/mol. The summed E-state index contributed by atoms with van der Waals surface area (Å²) in [6.45, 7) is 0.184. The van der Waals surface area contributed by atoms with Crippen LogP contribution in [0.25, 0.3) is 11.3 Å². The van der Waals surface area contributed by atoms with Crippen LogP contribution in [-0.4, -0.2) is 10.9 Å².